The van der Waals surface area contributed by atoms with Gasteiger partial charge < -0.3 is 20.5 Å². The van der Waals surface area contributed by atoms with Crippen molar-refractivity contribution in [3.8, 4) is 11.5 Å². The highest BCUT2D eigenvalue weighted by Gasteiger charge is 2.18. The van der Waals surface area contributed by atoms with Gasteiger partial charge in [0.15, 0.2) is 11.5 Å². The molecule has 1 aromatic rings. The second-order valence-corrected chi connectivity index (χ2v) is 4.38. The highest BCUT2D eigenvalue weighted by Crippen LogP contribution is 2.32. The molecule has 2 rings (SSSR count). The lowest BCUT2D eigenvalue weighted by Crippen LogP contribution is -2.42. The molecule has 1 amide bonds. The second-order valence-electron chi connectivity index (χ2n) is 3.90. The number of carbonyl (C=O) groups excluding carboxylic acids is 1. The van der Waals surface area contributed by atoms with Crippen LogP contribution in [0.25, 0.3) is 0 Å². The number of nitrogens with two attached hydrogens (primary N) is 1. The van der Waals surface area contributed by atoms with Gasteiger partial charge in [0.1, 0.15) is 0 Å². The van der Waals surface area contributed by atoms with Crippen LogP contribution in [0.2, 0.25) is 0 Å². The molecule has 0 aliphatic carbocycles. The molecule has 0 bridgehead atoms. The van der Waals surface area contributed by atoms with Crippen LogP contribution in [0, 0.1) is 0 Å². The first-order valence-electron chi connectivity index (χ1n) is 5.61. The number of fused-ring (bicyclic) bond motifs is 1. The summed E-state index contributed by atoms with van der Waals surface area (Å²) in [6.07, 6.45) is 0.658. The number of nitrogens with one attached hydrogen (secondary N) is 1. The van der Waals surface area contributed by atoms with E-state index >= 15 is 0 Å². The Morgan fingerprint density at radius 2 is 2.22 bits per heavy atom. The number of carbonyl (C=O) groups is 1. The van der Waals surface area contributed by atoms with E-state index in [1.165, 1.54) is 0 Å². The van der Waals surface area contributed by atoms with Crippen LogP contribution in [-0.2, 0) is 0 Å². The average Bonchev–Trinajstić information content (AvgIpc) is 2.82. The van der Waals surface area contributed by atoms with Gasteiger partial charge >= 0.3 is 0 Å². The van der Waals surface area contributed by atoms with Crippen molar-refractivity contribution in [2.75, 3.05) is 6.79 Å². The molecule has 0 aromatic heterocycles. The summed E-state index contributed by atoms with van der Waals surface area (Å²) < 4.78 is 10.4. The quantitative estimate of drug-likeness (QED) is 0.801. The van der Waals surface area contributed by atoms with E-state index in [1.54, 1.807) is 18.2 Å². The normalized spacial score (nSPS) is 14.1. The fourth-order valence-electron chi connectivity index (χ4n) is 1.65. The molecule has 1 heterocycles. The Balaban J connectivity index is 2.12. The van der Waals surface area contributed by atoms with Crippen molar-refractivity contribution in [3.05, 3.63) is 23.8 Å². The van der Waals surface area contributed by atoms with Gasteiger partial charge in [0.05, 0.1) is 11.0 Å². The van der Waals surface area contributed by atoms with E-state index in [2.05, 4.69) is 5.32 Å². The molecule has 18 heavy (non-hydrogen) atoms. The van der Waals surface area contributed by atoms with Crippen LogP contribution < -0.4 is 20.5 Å². The molecule has 1 aliphatic rings. The Morgan fingerprint density at radius 1 is 1.50 bits per heavy atom. The molecule has 96 valence electrons. The Labute approximate surface area is 110 Å². The van der Waals surface area contributed by atoms with Gasteiger partial charge in [-0.15, -0.1) is 0 Å². The number of thiocarbonyl (C=S) groups is 1. The number of ether oxygens (including phenoxy) is 2. The molecule has 6 heteroatoms. The third kappa shape index (κ3) is 2.53. The van der Waals surface area contributed by atoms with Crippen molar-refractivity contribution in [1.29, 1.82) is 0 Å². The van der Waals surface area contributed by atoms with Crippen LogP contribution in [0.4, 0.5) is 0 Å². The zero-order chi connectivity index (χ0) is 13.1. The van der Waals surface area contributed by atoms with E-state index in [0.29, 0.717) is 23.5 Å². The van der Waals surface area contributed by atoms with Crippen LogP contribution in [0.3, 0.4) is 0 Å². The van der Waals surface area contributed by atoms with Crippen molar-refractivity contribution in [2.45, 2.75) is 19.4 Å². The van der Waals surface area contributed by atoms with E-state index in [1.807, 2.05) is 6.92 Å². The summed E-state index contributed by atoms with van der Waals surface area (Å²) in [6, 6.07) is 4.73. The van der Waals surface area contributed by atoms with Crippen molar-refractivity contribution in [1.82, 2.24) is 5.32 Å². The zero-order valence-electron chi connectivity index (χ0n) is 9.93. The van der Waals surface area contributed by atoms with E-state index in [-0.39, 0.29) is 23.7 Å². The molecule has 0 fully saturated rings. The van der Waals surface area contributed by atoms with Crippen molar-refractivity contribution in [3.63, 3.8) is 0 Å². The van der Waals surface area contributed by atoms with Crippen LogP contribution in [0.5, 0.6) is 11.5 Å². The highest BCUT2D eigenvalue weighted by atomic mass is 32.1. The maximum absolute atomic E-state index is 12.0. The van der Waals surface area contributed by atoms with Gasteiger partial charge in [-0.3, -0.25) is 4.79 Å². The molecule has 5 nitrogen and oxygen atoms in total. The molecule has 1 unspecified atom stereocenters. The first-order valence-corrected chi connectivity index (χ1v) is 6.02. The second kappa shape index (κ2) is 5.22. The molecule has 3 N–H and O–H groups in total. The largest absolute Gasteiger partial charge is 0.454 e. The molecular formula is C12H14N2O3S. The van der Waals surface area contributed by atoms with Gasteiger partial charge in [-0.2, -0.15) is 0 Å². The molecule has 1 aromatic carbocycles. The summed E-state index contributed by atoms with van der Waals surface area (Å²) in [7, 11) is 0. The number of hydrogen-bond acceptors (Lipinski definition) is 4. The van der Waals surface area contributed by atoms with Gasteiger partial charge in [-0.05, 0) is 24.6 Å². The Hall–Kier alpha value is -1.82. The molecule has 1 aliphatic heterocycles. The first kappa shape index (κ1) is 12.6. The lowest BCUT2D eigenvalue weighted by Gasteiger charge is -2.15. The Morgan fingerprint density at radius 3 is 2.89 bits per heavy atom. The summed E-state index contributed by atoms with van der Waals surface area (Å²) >= 11 is 4.88. The minimum Gasteiger partial charge on any atom is -0.454 e. The van der Waals surface area contributed by atoms with Crippen LogP contribution in [0.15, 0.2) is 18.2 Å². The van der Waals surface area contributed by atoms with Gasteiger partial charge in [0.2, 0.25) is 6.79 Å². The predicted octanol–water partition coefficient (Wildman–Crippen LogP) is 1.21. The Kier molecular flexibility index (Phi) is 3.66. The lowest BCUT2D eigenvalue weighted by molar-refractivity contribution is 0.0946. The van der Waals surface area contributed by atoms with Crippen molar-refractivity contribution < 1.29 is 14.3 Å². The number of rotatable bonds is 4. The minimum atomic E-state index is -0.294. The predicted molar refractivity (Wildman–Crippen MR) is 70.9 cm³/mol. The molecular weight excluding hydrogens is 252 g/mol. The summed E-state index contributed by atoms with van der Waals surface area (Å²) in [5, 5.41) is 2.77. The molecule has 0 radical (unpaired) electrons. The number of benzene rings is 1. The first-order chi connectivity index (χ1) is 8.61. The third-order valence-corrected chi connectivity index (χ3v) is 2.98. The monoisotopic (exact) mass is 266 g/mol. The standard InChI is InChI=1S/C12H14N2O3S/c1-2-8(11(13)18)14-12(15)7-3-4-9-10(5-7)17-6-16-9/h3-5,8H,2,6H2,1H3,(H2,13,18)(H,14,15). The molecule has 0 saturated carbocycles. The highest BCUT2D eigenvalue weighted by molar-refractivity contribution is 7.80. The fraction of sp³-hybridized carbons (Fsp3) is 0.333. The SMILES string of the molecule is CCC(NC(=O)c1ccc2c(c1)OCO2)C(N)=S. The van der Waals surface area contributed by atoms with Crippen LogP contribution >= 0.6 is 12.2 Å². The topological polar surface area (TPSA) is 73.6 Å². The van der Waals surface area contributed by atoms with Gasteiger partial charge in [-0.1, -0.05) is 19.1 Å². The van der Waals surface area contributed by atoms with Crippen molar-refractivity contribution >= 4 is 23.1 Å². The van der Waals surface area contributed by atoms with E-state index in [9.17, 15) is 4.79 Å². The van der Waals surface area contributed by atoms with Gasteiger partial charge in [0.25, 0.3) is 5.91 Å². The van der Waals surface area contributed by atoms with Crippen molar-refractivity contribution in [2.24, 2.45) is 5.73 Å². The molecule has 0 spiro atoms. The summed E-state index contributed by atoms with van der Waals surface area (Å²) in [6.45, 7) is 2.09. The molecule has 0 saturated heterocycles. The maximum atomic E-state index is 12.0. The number of hydrogen-bond donors (Lipinski definition) is 2. The van der Waals surface area contributed by atoms with E-state index in [4.69, 9.17) is 27.4 Å². The summed E-state index contributed by atoms with van der Waals surface area (Å²) in [4.78, 5) is 12.3. The van der Waals surface area contributed by atoms with Gasteiger partial charge in [-0.25, -0.2) is 0 Å². The minimum absolute atomic E-state index is 0.185. The maximum Gasteiger partial charge on any atom is 0.251 e. The molecule has 1 atom stereocenters. The lowest BCUT2D eigenvalue weighted by atomic mass is 10.1. The zero-order valence-corrected chi connectivity index (χ0v) is 10.8. The fourth-order valence-corrected chi connectivity index (χ4v) is 1.88. The average molecular weight is 266 g/mol. The Bertz CT molecular complexity index is 490. The van der Waals surface area contributed by atoms with Gasteiger partial charge in [0, 0.05) is 5.56 Å². The van der Waals surface area contributed by atoms with Crippen LogP contribution in [0.1, 0.15) is 23.7 Å². The summed E-state index contributed by atoms with van der Waals surface area (Å²) in [5.41, 5.74) is 6.03. The third-order valence-electron chi connectivity index (χ3n) is 2.69. The number of amides is 1. The summed E-state index contributed by atoms with van der Waals surface area (Å²) in [5.74, 6) is 0.993. The van der Waals surface area contributed by atoms with E-state index in [0.717, 1.165) is 0 Å². The van der Waals surface area contributed by atoms with Crippen LogP contribution in [-0.4, -0.2) is 23.7 Å². The smallest absolute Gasteiger partial charge is 0.251 e. The van der Waals surface area contributed by atoms with E-state index < -0.39 is 0 Å².